The molecule has 0 radical (unpaired) electrons. The fraction of sp³-hybridized carbons (Fsp3) is 0.318. The number of anilines is 1. The number of rotatable bonds is 4. The van der Waals surface area contributed by atoms with Crippen molar-refractivity contribution in [2.45, 2.75) is 24.9 Å². The Balaban J connectivity index is 1.59. The second-order valence-electron chi connectivity index (χ2n) is 7.87. The third-order valence-electron chi connectivity index (χ3n) is 5.90. The Labute approximate surface area is 171 Å². The number of nitrogens with zero attached hydrogens (tertiary/aromatic N) is 3. The fourth-order valence-electron chi connectivity index (χ4n) is 4.20. The van der Waals surface area contributed by atoms with E-state index >= 15 is 4.39 Å². The molecule has 3 heterocycles. The van der Waals surface area contributed by atoms with E-state index in [1.807, 2.05) is 21.6 Å². The monoisotopic (exact) mass is 408 g/mol. The summed E-state index contributed by atoms with van der Waals surface area (Å²) in [6.07, 6.45) is 6.72. The maximum atomic E-state index is 15.1. The van der Waals surface area contributed by atoms with E-state index < -0.39 is 17.2 Å². The number of aromatic carboxylic acids is 1. The largest absolute Gasteiger partial charge is 0.477 e. The van der Waals surface area contributed by atoms with Crippen LogP contribution in [-0.2, 0) is 0 Å². The van der Waals surface area contributed by atoms with Crippen LogP contribution in [0.1, 0.15) is 40.8 Å². The summed E-state index contributed by atoms with van der Waals surface area (Å²) in [4.78, 5) is 30.2. The number of hydrogen-bond acceptors (Lipinski definition) is 5. The molecular formula is C22H21FN4O3. The zero-order valence-electron chi connectivity index (χ0n) is 16.2. The van der Waals surface area contributed by atoms with E-state index in [1.54, 1.807) is 18.5 Å². The van der Waals surface area contributed by atoms with Crippen LogP contribution in [0.4, 0.5) is 10.1 Å². The molecule has 7 nitrogen and oxygen atoms in total. The van der Waals surface area contributed by atoms with Gasteiger partial charge in [0.05, 0.1) is 11.2 Å². The summed E-state index contributed by atoms with van der Waals surface area (Å²) in [5.74, 6) is -1.80. The lowest BCUT2D eigenvalue weighted by Gasteiger charge is -2.36. The molecule has 1 aromatic carbocycles. The highest BCUT2D eigenvalue weighted by atomic mass is 19.1. The molecule has 154 valence electrons. The molecule has 30 heavy (non-hydrogen) atoms. The summed E-state index contributed by atoms with van der Waals surface area (Å²) in [5.41, 5.74) is 1.14. The normalized spacial score (nSPS) is 19.2. The van der Waals surface area contributed by atoms with Gasteiger partial charge in [-0.3, -0.25) is 9.78 Å². The lowest BCUT2D eigenvalue weighted by Crippen LogP contribution is -2.46. The van der Waals surface area contributed by atoms with Gasteiger partial charge in [0.25, 0.3) is 0 Å². The predicted octanol–water partition coefficient (Wildman–Crippen LogP) is 2.72. The van der Waals surface area contributed by atoms with Crippen molar-refractivity contribution in [3.05, 3.63) is 70.0 Å². The Morgan fingerprint density at radius 3 is 2.70 bits per heavy atom. The van der Waals surface area contributed by atoms with Crippen molar-refractivity contribution in [3.63, 3.8) is 0 Å². The van der Waals surface area contributed by atoms with Crippen LogP contribution in [-0.4, -0.2) is 40.3 Å². The van der Waals surface area contributed by atoms with Gasteiger partial charge in [0.1, 0.15) is 11.4 Å². The zero-order valence-corrected chi connectivity index (χ0v) is 16.2. The number of piperazine rings is 1. The quantitative estimate of drug-likeness (QED) is 0.690. The number of hydrogen-bond donors (Lipinski definition) is 2. The van der Waals surface area contributed by atoms with Crippen molar-refractivity contribution in [2.75, 3.05) is 24.5 Å². The number of pyridine rings is 2. The summed E-state index contributed by atoms with van der Waals surface area (Å²) in [6, 6.07) is 6.97. The lowest BCUT2D eigenvalue weighted by molar-refractivity contribution is 0.0695. The summed E-state index contributed by atoms with van der Waals surface area (Å²) in [6.45, 7) is 1.90. The molecule has 1 saturated heterocycles. The molecule has 2 aromatic heterocycles. The van der Waals surface area contributed by atoms with E-state index in [4.69, 9.17) is 0 Å². The average molecular weight is 408 g/mol. The van der Waals surface area contributed by atoms with Crippen molar-refractivity contribution >= 4 is 22.6 Å². The van der Waals surface area contributed by atoms with E-state index in [0.717, 1.165) is 18.4 Å². The second-order valence-corrected chi connectivity index (χ2v) is 7.87. The number of carbonyl (C=O) groups is 1. The summed E-state index contributed by atoms with van der Waals surface area (Å²) >= 11 is 0. The van der Waals surface area contributed by atoms with Crippen molar-refractivity contribution in [2.24, 2.45) is 0 Å². The molecule has 2 fully saturated rings. The number of benzene rings is 1. The summed E-state index contributed by atoms with van der Waals surface area (Å²) in [7, 11) is 0. The molecule has 8 heteroatoms. The van der Waals surface area contributed by atoms with Gasteiger partial charge in [-0.05, 0) is 42.7 Å². The van der Waals surface area contributed by atoms with Gasteiger partial charge in [0.15, 0.2) is 0 Å². The van der Waals surface area contributed by atoms with Crippen LogP contribution >= 0.6 is 0 Å². The number of halogens is 1. The van der Waals surface area contributed by atoms with Crippen LogP contribution < -0.4 is 15.6 Å². The minimum atomic E-state index is -1.29. The molecule has 3 aromatic rings. The molecule has 2 aliphatic rings. The van der Waals surface area contributed by atoms with Gasteiger partial charge >= 0.3 is 5.97 Å². The van der Waals surface area contributed by atoms with Crippen LogP contribution in [0.2, 0.25) is 0 Å². The Morgan fingerprint density at radius 1 is 1.23 bits per heavy atom. The van der Waals surface area contributed by atoms with E-state index in [0.29, 0.717) is 30.8 Å². The Hall–Kier alpha value is -3.26. The van der Waals surface area contributed by atoms with Gasteiger partial charge < -0.3 is 19.9 Å². The van der Waals surface area contributed by atoms with Gasteiger partial charge in [-0.25, -0.2) is 9.18 Å². The van der Waals surface area contributed by atoms with Crippen LogP contribution in [0.25, 0.3) is 10.9 Å². The van der Waals surface area contributed by atoms with Crippen molar-refractivity contribution in [1.82, 2.24) is 14.9 Å². The molecule has 5 rings (SSSR count). The topological polar surface area (TPSA) is 87.5 Å². The van der Waals surface area contributed by atoms with Gasteiger partial charge in [-0.2, -0.15) is 0 Å². The molecule has 2 N–H and O–H groups in total. The van der Waals surface area contributed by atoms with Gasteiger partial charge in [-0.1, -0.05) is 0 Å². The van der Waals surface area contributed by atoms with Crippen LogP contribution in [0.5, 0.6) is 0 Å². The maximum absolute atomic E-state index is 15.1. The van der Waals surface area contributed by atoms with Gasteiger partial charge in [-0.15, -0.1) is 0 Å². The molecule has 1 saturated carbocycles. The first-order valence-electron chi connectivity index (χ1n) is 10.0. The number of aromatic nitrogens is 2. The minimum Gasteiger partial charge on any atom is -0.477 e. The SMILES string of the molecule is O=C(O)c1cn(C2CC2)c2cc(N3CCNC(c4ccncc4)C3)c(F)cc2c1=O. The molecule has 1 atom stereocenters. The number of carboxylic acids is 1. The molecule has 0 bridgehead atoms. The average Bonchev–Trinajstić information content (AvgIpc) is 3.60. The molecule has 1 aliphatic heterocycles. The minimum absolute atomic E-state index is 0.0388. The number of carboxylic acid groups (broad SMARTS) is 1. The highest BCUT2D eigenvalue weighted by molar-refractivity contribution is 5.93. The standard InChI is InChI=1S/C22H21FN4O3/c23-17-9-15-19(27(14-1-2-14)11-16(21(15)28)22(29)30)10-20(17)26-8-7-25-18(12-26)13-3-5-24-6-4-13/h3-6,9-11,14,18,25H,1-2,7-8,12H2,(H,29,30). The van der Waals surface area contributed by atoms with Crippen LogP contribution in [0.3, 0.4) is 0 Å². The highest BCUT2D eigenvalue weighted by Gasteiger charge is 2.29. The Bertz CT molecular complexity index is 1190. The maximum Gasteiger partial charge on any atom is 0.341 e. The lowest BCUT2D eigenvalue weighted by atomic mass is 10.0. The molecule has 0 spiro atoms. The summed E-state index contributed by atoms with van der Waals surface area (Å²) in [5, 5.41) is 13.0. The van der Waals surface area contributed by atoms with E-state index in [2.05, 4.69) is 10.3 Å². The smallest absolute Gasteiger partial charge is 0.341 e. The third kappa shape index (κ3) is 3.23. The van der Waals surface area contributed by atoms with Crippen LogP contribution in [0, 0.1) is 5.82 Å². The summed E-state index contributed by atoms with van der Waals surface area (Å²) < 4.78 is 17.0. The second kappa shape index (κ2) is 7.21. The van der Waals surface area contributed by atoms with Crippen molar-refractivity contribution in [3.8, 4) is 0 Å². The van der Waals surface area contributed by atoms with E-state index in [-0.39, 0.29) is 23.0 Å². The van der Waals surface area contributed by atoms with Crippen molar-refractivity contribution < 1.29 is 14.3 Å². The fourth-order valence-corrected chi connectivity index (χ4v) is 4.20. The molecular weight excluding hydrogens is 387 g/mol. The predicted molar refractivity (Wildman–Crippen MR) is 111 cm³/mol. The first-order valence-corrected chi connectivity index (χ1v) is 10.0. The molecule has 1 unspecified atom stereocenters. The molecule has 1 aliphatic carbocycles. The first-order chi connectivity index (χ1) is 14.5. The number of fused-ring (bicyclic) bond motifs is 1. The van der Waals surface area contributed by atoms with Gasteiger partial charge in [0, 0.05) is 55.7 Å². The Morgan fingerprint density at radius 2 is 2.00 bits per heavy atom. The Kier molecular flexibility index (Phi) is 4.51. The third-order valence-corrected chi connectivity index (χ3v) is 5.90. The first kappa shape index (κ1) is 18.7. The van der Waals surface area contributed by atoms with Crippen molar-refractivity contribution in [1.29, 1.82) is 0 Å². The van der Waals surface area contributed by atoms with Crippen LogP contribution in [0.15, 0.2) is 47.7 Å². The number of nitrogens with one attached hydrogen (secondary N) is 1. The molecule has 0 amide bonds. The van der Waals surface area contributed by atoms with Gasteiger partial charge in [0.2, 0.25) is 5.43 Å². The zero-order chi connectivity index (χ0) is 20.8. The highest BCUT2D eigenvalue weighted by Crippen LogP contribution is 2.38. The van der Waals surface area contributed by atoms with E-state index in [9.17, 15) is 14.7 Å². The van der Waals surface area contributed by atoms with E-state index in [1.165, 1.54) is 12.3 Å².